The van der Waals surface area contributed by atoms with E-state index in [2.05, 4.69) is 4.98 Å². The van der Waals surface area contributed by atoms with E-state index < -0.39 is 0 Å². The van der Waals surface area contributed by atoms with E-state index in [0.717, 1.165) is 40.7 Å². The van der Waals surface area contributed by atoms with Crippen molar-refractivity contribution < 1.29 is 4.74 Å². The molecule has 5 nitrogen and oxygen atoms in total. The van der Waals surface area contributed by atoms with Crippen LogP contribution in [0.2, 0.25) is 0 Å². The summed E-state index contributed by atoms with van der Waals surface area (Å²) in [6.07, 6.45) is 7.93. The molecule has 0 aliphatic heterocycles. The van der Waals surface area contributed by atoms with Crippen LogP contribution in [0.3, 0.4) is 0 Å². The Balaban J connectivity index is 1.71. The summed E-state index contributed by atoms with van der Waals surface area (Å²) in [7, 11) is 1.63. The Bertz CT molecular complexity index is 1260. The van der Waals surface area contributed by atoms with Gasteiger partial charge in [0.25, 0.3) is 5.56 Å². The summed E-state index contributed by atoms with van der Waals surface area (Å²) in [6, 6.07) is 11.6. The molecule has 0 spiro atoms. The van der Waals surface area contributed by atoms with E-state index in [4.69, 9.17) is 9.72 Å². The van der Waals surface area contributed by atoms with Gasteiger partial charge in [-0.25, -0.2) is 4.98 Å². The van der Waals surface area contributed by atoms with Gasteiger partial charge in [0.1, 0.15) is 10.6 Å². The molecule has 4 aromatic rings. The zero-order chi connectivity index (χ0) is 20.5. The lowest BCUT2D eigenvalue weighted by molar-refractivity contribution is 0.411. The number of rotatable bonds is 5. The van der Waals surface area contributed by atoms with Crippen LogP contribution in [0.25, 0.3) is 15.9 Å². The second-order valence-corrected chi connectivity index (χ2v) is 9.27. The van der Waals surface area contributed by atoms with Gasteiger partial charge in [-0.05, 0) is 55.0 Å². The lowest BCUT2D eigenvalue weighted by Gasteiger charge is -2.15. The van der Waals surface area contributed by atoms with Crippen molar-refractivity contribution in [1.29, 1.82) is 0 Å². The first kappa shape index (κ1) is 19.3. The van der Waals surface area contributed by atoms with E-state index in [1.807, 2.05) is 42.6 Å². The zero-order valence-corrected chi connectivity index (χ0v) is 18.3. The molecule has 3 aromatic heterocycles. The minimum Gasteiger partial charge on any atom is -0.495 e. The molecule has 0 N–H and O–H groups in total. The summed E-state index contributed by atoms with van der Waals surface area (Å²) in [6.45, 7) is 0. The average Bonchev–Trinajstić information content (AvgIpc) is 3.17. The molecule has 7 heteroatoms. The second-order valence-electron chi connectivity index (χ2n) is 7.25. The molecule has 0 amide bonds. The van der Waals surface area contributed by atoms with E-state index in [9.17, 15) is 4.79 Å². The highest BCUT2D eigenvalue weighted by Gasteiger charge is 2.23. The van der Waals surface area contributed by atoms with Crippen LogP contribution >= 0.6 is 23.1 Å². The first-order valence-corrected chi connectivity index (χ1v) is 11.8. The van der Waals surface area contributed by atoms with Crippen molar-refractivity contribution in [1.82, 2.24) is 14.5 Å². The molecular weight excluding hydrogens is 414 g/mol. The number of aromatic nitrogens is 3. The van der Waals surface area contributed by atoms with Gasteiger partial charge in [0.15, 0.2) is 5.16 Å². The Morgan fingerprint density at radius 3 is 2.87 bits per heavy atom. The fourth-order valence-electron chi connectivity index (χ4n) is 3.94. The van der Waals surface area contributed by atoms with Crippen molar-refractivity contribution in [2.24, 2.45) is 0 Å². The smallest absolute Gasteiger partial charge is 0.267 e. The van der Waals surface area contributed by atoms with E-state index in [1.54, 1.807) is 41.0 Å². The van der Waals surface area contributed by atoms with Crippen LogP contribution in [-0.2, 0) is 18.6 Å². The van der Waals surface area contributed by atoms with Crippen LogP contribution in [0.15, 0.2) is 58.7 Å². The number of pyridine rings is 1. The molecule has 0 saturated carbocycles. The first-order chi connectivity index (χ1) is 14.8. The molecular formula is C23H21N3O2S2. The number of nitrogens with zero attached hydrogens (tertiary/aromatic N) is 3. The molecule has 30 heavy (non-hydrogen) atoms. The van der Waals surface area contributed by atoms with Crippen LogP contribution in [0.1, 0.15) is 28.8 Å². The lowest BCUT2D eigenvalue weighted by atomic mass is 9.97. The third-order valence-corrected chi connectivity index (χ3v) is 7.57. The molecule has 0 saturated heterocycles. The Hall–Kier alpha value is -2.64. The summed E-state index contributed by atoms with van der Waals surface area (Å²) in [5.74, 6) is 1.35. The van der Waals surface area contributed by atoms with Gasteiger partial charge in [0.05, 0.1) is 18.2 Å². The van der Waals surface area contributed by atoms with Crippen LogP contribution in [0.5, 0.6) is 5.75 Å². The summed E-state index contributed by atoms with van der Waals surface area (Å²) in [5.41, 5.74) is 3.02. The third kappa shape index (κ3) is 3.42. The van der Waals surface area contributed by atoms with Gasteiger partial charge in [0, 0.05) is 23.0 Å². The molecule has 1 aromatic carbocycles. The standard InChI is InChI=1S/C23H21N3O2S2/c1-28-18-10-4-3-9-17(18)26-22(27)20-16-8-2-5-11-19(16)30-21(20)25-23(26)29-14-15-7-6-12-24-13-15/h3-4,6-7,9-10,12-13H,2,5,8,11,14H2,1H3. The number of aryl methyl sites for hydroxylation is 2. The summed E-state index contributed by atoms with van der Waals surface area (Å²) in [5, 5.41) is 1.46. The van der Waals surface area contributed by atoms with E-state index in [-0.39, 0.29) is 5.56 Å². The SMILES string of the molecule is COc1ccccc1-n1c(SCc2cccnc2)nc2sc3c(c2c1=O)CCCC3. The molecule has 0 atom stereocenters. The molecule has 1 aliphatic carbocycles. The molecule has 0 unspecified atom stereocenters. The third-order valence-electron chi connectivity index (χ3n) is 5.37. The first-order valence-electron chi connectivity index (χ1n) is 9.98. The fraction of sp³-hybridized carbons (Fsp3) is 0.261. The van der Waals surface area contributed by atoms with Crippen molar-refractivity contribution in [3.63, 3.8) is 0 Å². The van der Waals surface area contributed by atoms with Crippen molar-refractivity contribution in [2.75, 3.05) is 7.11 Å². The molecule has 5 rings (SSSR count). The Kier molecular flexibility index (Phi) is 5.31. The number of ether oxygens (including phenoxy) is 1. The van der Waals surface area contributed by atoms with E-state index in [0.29, 0.717) is 16.7 Å². The fourth-order valence-corrected chi connectivity index (χ4v) is 6.18. The second kappa shape index (κ2) is 8.24. The highest BCUT2D eigenvalue weighted by molar-refractivity contribution is 7.98. The van der Waals surface area contributed by atoms with E-state index in [1.165, 1.54) is 16.9 Å². The monoisotopic (exact) mass is 435 g/mol. The number of methoxy groups -OCH3 is 1. The summed E-state index contributed by atoms with van der Waals surface area (Å²) < 4.78 is 7.30. The Labute approximate surface area is 182 Å². The van der Waals surface area contributed by atoms with Gasteiger partial charge >= 0.3 is 0 Å². The minimum absolute atomic E-state index is 0.00223. The van der Waals surface area contributed by atoms with E-state index >= 15 is 0 Å². The summed E-state index contributed by atoms with van der Waals surface area (Å²) >= 11 is 3.23. The summed E-state index contributed by atoms with van der Waals surface area (Å²) in [4.78, 5) is 25.2. The number of thioether (sulfide) groups is 1. The van der Waals surface area contributed by atoms with Crippen LogP contribution in [0.4, 0.5) is 0 Å². The molecule has 0 fully saturated rings. The quantitative estimate of drug-likeness (QED) is 0.325. The Morgan fingerprint density at radius 2 is 2.03 bits per heavy atom. The largest absolute Gasteiger partial charge is 0.495 e. The molecule has 3 heterocycles. The molecule has 1 aliphatic rings. The maximum Gasteiger partial charge on any atom is 0.267 e. The van der Waals surface area contributed by atoms with Crippen LogP contribution in [-0.4, -0.2) is 21.6 Å². The zero-order valence-electron chi connectivity index (χ0n) is 16.6. The number of thiophene rings is 1. The number of benzene rings is 1. The number of para-hydroxylation sites is 2. The van der Waals surface area contributed by atoms with Crippen molar-refractivity contribution in [2.45, 2.75) is 36.6 Å². The van der Waals surface area contributed by atoms with Crippen molar-refractivity contribution in [3.05, 3.63) is 75.1 Å². The lowest BCUT2D eigenvalue weighted by Crippen LogP contribution is -2.22. The van der Waals surface area contributed by atoms with Gasteiger partial charge < -0.3 is 4.74 Å². The molecule has 0 radical (unpaired) electrons. The topological polar surface area (TPSA) is 57.0 Å². The normalized spacial score (nSPS) is 13.4. The number of hydrogen-bond donors (Lipinski definition) is 0. The van der Waals surface area contributed by atoms with Gasteiger partial charge in [-0.2, -0.15) is 0 Å². The number of hydrogen-bond acceptors (Lipinski definition) is 6. The van der Waals surface area contributed by atoms with Crippen LogP contribution in [0, 0.1) is 0 Å². The predicted molar refractivity (Wildman–Crippen MR) is 122 cm³/mol. The van der Waals surface area contributed by atoms with Gasteiger partial charge in [-0.15, -0.1) is 11.3 Å². The number of fused-ring (bicyclic) bond motifs is 3. The maximum atomic E-state index is 13.8. The van der Waals surface area contributed by atoms with Crippen molar-refractivity contribution >= 4 is 33.3 Å². The molecule has 0 bridgehead atoms. The minimum atomic E-state index is -0.00223. The average molecular weight is 436 g/mol. The van der Waals surface area contributed by atoms with Crippen LogP contribution < -0.4 is 10.3 Å². The van der Waals surface area contributed by atoms with Gasteiger partial charge in [0.2, 0.25) is 0 Å². The van der Waals surface area contributed by atoms with Gasteiger partial charge in [-0.1, -0.05) is 30.0 Å². The van der Waals surface area contributed by atoms with Crippen molar-refractivity contribution in [3.8, 4) is 11.4 Å². The predicted octanol–water partition coefficient (Wildman–Crippen LogP) is 5.02. The Morgan fingerprint density at radius 1 is 1.17 bits per heavy atom. The van der Waals surface area contributed by atoms with Gasteiger partial charge in [-0.3, -0.25) is 14.3 Å². The highest BCUT2D eigenvalue weighted by Crippen LogP contribution is 2.36. The maximum absolute atomic E-state index is 13.8. The highest BCUT2D eigenvalue weighted by atomic mass is 32.2. The molecule has 152 valence electrons.